The molecule has 0 bridgehead atoms. The SMILES string of the molecule is COc1c(NC(=O)OC(C)(C)C)cc(C(C)(C)C)cc1NC(=O)c1cc2cccc(CN3CCN(C(=O)[C@@H]4CCCN4C)CC3)c2n1C. The van der Waals surface area contributed by atoms with Gasteiger partial charge in [-0.05, 0) is 81.9 Å². The van der Waals surface area contributed by atoms with Crippen molar-refractivity contribution in [1.29, 1.82) is 0 Å². The van der Waals surface area contributed by atoms with Crippen LogP contribution in [0.2, 0.25) is 0 Å². The molecular weight excluding hydrogens is 608 g/mol. The Hall–Kier alpha value is -4.09. The lowest BCUT2D eigenvalue weighted by Gasteiger charge is -2.37. The summed E-state index contributed by atoms with van der Waals surface area (Å²) < 4.78 is 13.2. The minimum absolute atomic E-state index is 0.0157. The number of nitrogens with zero attached hydrogens (tertiary/aromatic N) is 4. The number of para-hydroxylation sites is 1. The number of hydrogen-bond donors (Lipinski definition) is 2. The summed E-state index contributed by atoms with van der Waals surface area (Å²) in [4.78, 5) is 46.4. The Kier molecular flexibility index (Phi) is 10.1. The van der Waals surface area contributed by atoms with Crippen molar-refractivity contribution in [2.75, 3.05) is 57.5 Å². The quantitative estimate of drug-likeness (QED) is 0.329. The van der Waals surface area contributed by atoms with Crippen LogP contribution in [0.5, 0.6) is 5.75 Å². The topological polar surface area (TPSA) is 108 Å². The van der Waals surface area contributed by atoms with Crippen LogP contribution in [0.3, 0.4) is 0 Å². The third kappa shape index (κ3) is 7.79. The standard InChI is InChI=1S/C37H52N6O5/c1-36(2,3)26-21-27(32(47-9)28(22-26)39-35(46)48-37(4,5)6)38-33(44)30-20-24-12-10-13-25(31(24)41(30)8)23-42-16-18-43(19-17-42)34(45)29-14-11-15-40(29)7/h10,12-13,20-22,29H,11,14-19,23H2,1-9H3,(H,38,44)(H,39,46)/t29-/m0/s1. The van der Waals surface area contributed by atoms with E-state index in [-0.39, 0.29) is 23.3 Å². The van der Waals surface area contributed by atoms with Gasteiger partial charge >= 0.3 is 6.09 Å². The number of amides is 3. The van der Waals surface area contributed by atoms with Gasteiger partial charge in [-0.3, -0.25) is 24.7 Å². The predicted octanol–water partition coefficient (Wildman–Crippen LogP) is 5.82. The molecule has 0 spiro atoms. The molecule has 0 aliphatic carbocycles. The number of carbonyl (C=O) groups is 3. The zero-order chi connectivity index (χ0) is 35.0. The minimum atomic E-state index is -0.677. The highest BCUT2D eigenvalue weighted by atomic mass is 16.6. The molecule has 0 saturated carbocycles. The summed E-state index contributed by atoms with van der Waals surface area (Å²) in [5.41, 5.74) is 3.42. The Balaban J connectivity index is 1.36. The summed E-state index contributed by atoms with van der Waals surface area (Å²) >= 11 is 0. The van der Waals surface area contributed by atoms with E-state index in [0.717, 1.165) is 74.1 Å². The van der Waals surface area contributed by atoms with Gasteiger partial charge < -0.3 is 24.3 Å². The lowest BCUT2D eigenvalue weighted by atomic mass is 9.86. The zero-order valence-electron chi connectivity index (χ0n) is 30.0. The first-order valence-electron chi connectivity index (χ1n) is 16.9. The van der Waals surface area contributed by atoms with Crippen LogP contribution in [0.25, 0.3) is 10.9 Å². The molecule has 1 atom stereocenters. The van der Waals surface area contributed by atoms with Crippen molar-refractivity contribution >= 4 is 40.2 Å². The van der Waals surface area contributed by atoms with Crippen molar-refractivity contribution < 1.29 is 23.9 Å². The Morgan fingerprint density at radius 2 is 1.56 bits per heavy atom. The highest BCUT2D eigenvalue weighted by Crippen LogP contribution is 2.39. The lowest BCUT2D eigenvalue weighted by molar-refractivity contribution is -0.137. The number of methoxy groups -OCH3 is 1. The molecule has 11 nitrogen and oxygen atoms in total. The fourth-order valence-corrected chi connectivity index (χ4v) is 6.71. The van der Waals surface area contributed by atoms with E-state index >= 15 is 0 Å². The fraction of sp³-hybridized carbons (Fsp3) is 0.541. The Bertz CT molecular complexity index is 1680. The van der Waals surface area contributed by atoms with E-state index in [2.05, 4.69) is 47.3 Å². The van der Waals surface area contributed by atoms with Crippen LogP contribution in [0.1, 0.15) is 76.0 Å². The number of nitrogens with one attached hydrogen (secondary N) is 2. The van der Waals surface area contributed by atoms with Crippen molar-refractivity contribution in [3.05, 3.63) is 53.2 Å². The first kappa shape index (κ1) is 35.2. The van der Waals surface area contributed by atoms with Crippen LogP contribution >= 0.6 is 0 Å². The minimum Gasteiger partial charge on any atom is -0.492 e. The number of piperazine rings is 1. The van der Waals surface area contributed by atoms with Gasteiger partial charge in [0.2, 0.25) is 5.91 Å². The van der Waals surface area contributed by atoms with E-state index in [9.17, 15) is 14.4 Å². The monoisotopic (exact) mass is 660 g/mol. The molecule has 48 heavy (non-hydrogen) atoms. The molecule has 2 fully saturated rings. The van der Waals surface area contributed by atoms with Crippen LogP contribution < -0.4 is 15.4 Å². The molecule has 5 rings (SSSR count). The van der Waals surface area contributed by atoms with Crippen molar-refractivity contribution in [3.8, 4) is 5.75 Å². The third-order valence-corrected chi connectivity index (χ3v) is 9.30. The summed E-state index contributed by atoms with van der Waals surface area (Å²) in [6.45, 7) is 16.4. The largest absolute Gasteiger partial charge is 0.492 e. The van der Waals surface area contributed by atoms with Crippen molar-refractivity contribution in [2.45, 2.75) is 78.0 Å². The maximum absolute atomic E-state index is 13.9. The highest BCUT2D eigenvalue weighted by molar-refractivity contribution is 6.08. The first-order valence-corrected chi connectivity index (χ1v) is 16.9. The van der Waals surface area contributed by atoms with E-state index in [0.29, 0.717) is 22.8 Å². The summed E-state index contributed by atoms with van der Waals surface area (Å²) in [7, 11) is 5.46. The normalized spacial score (nSPS) is 17.9. The van der Waals surface area contributed by atoms with E-state index < -0.39 is 11.7 Å². The molecule has 3 heterocycles. The third-order valence-electron chi connectivity index (χ3n) is 9.30. The molecule has 3 aromatic rings. The number of ether oxygens (including phenoxy) is 2. The molecule has 1 aromatic heterocycles. The Morgan fingerprint density at radius 1 is 0.896 bits per heavy atom. The molecule has 2 aliphatic rings. The van der Waals surface area contributed by atoms with Gasteiger partial charge in [0.25, 0.3) is 5.91 Å². The summed E-state index contributed by atoms with van der Waals surface area (Å²) in [5, 5.41) is 6.86. The first-order chi connectivity index (χ1) is 22.6. The number of anilines is 2. The summed E-state index contributed by atoms with van der Waals surface area (Å²) in [5.74, 6) is 0.294. The average molecular weight is 661 g/mol. The smallest absolute Gasteiger partial charge is 0.412 e. The van der Waals surface area contributed by atoms with Gasteiger partial charge in [0, 0.05) is 45.2 Å². The highest BCUT2D eigenvalue weighted by Gasteiger charge is 2.33. The second-order valence-electron chi connectivity index (χ2n) is 15.1. The van der Waals surface area contributed by atoms with Gasteiger partial charge in [-0.15, -0.1) is 0 Å². The van der Waals surface area contributed by atoms with Crippen molar-refractivity contribution in [2.24, 2.45) is 7.05 Å². The predicted molar refractivity (Wildman–Crippen MR) is 190 cm³/mol. The zero-order valence-corrected chi connectivity index (χ0v) is 30.0. The maximum Gasteiger partial charge on any atom is 0.412 e. The van der Waals surface area contributed by atoms with E-state index in [1.54, 1.807) is 20.8 Å². The molecule has 0 unspecified atom stereocenters. The second-order valence-corrected chi connectivity index (χ2v) is 15.1. The molecule has 2 aromatic carbocycles. The molecule has 2 saturated heterocycles. The molecule has 260 valence electrons. The number of aryl methyl sites for hydroxylation is 1. The van der Waals surface area contributed by atoms with Crippen LogP contribution in [0, 0.1) is 0 Å². The molecule has 11 heteroatoms. The van der Waals surface area contributed by atoms with Crippen LogP contribution in [-0.2, 0) is 28.5 Å². The van der Waals surface area contributed by atoms with Gasteiger partial charge in [-0.2, -0.15) is 0 Å². The Labute approximate surface area is 284 Å². The van der Waals surface area contributed by atoms with Crippen molar-refractivity contribution in [1.82, 2.24) is 19.3 Å². The fourth-order valence-electron chi connectivity index (χ4n) is 6.71. The number of aromatic nitrogens is 1. The summed E-state index contributed by atoms with van der Waals surface area (Å²) in [6, 6.07) is 11.8. The Morgan fingerprint density at radius 3 is 2.15 bits per heavy atom. The number of hydrogen-bond acceptors (Lipinski definition) is 7. The van der Waals surface area contributed by atoms with Gasteiger partial charge in [0.15, 0.2) is 5.75 Å². The lowest BCUT2D eigenvalue weighted by Crippen LogP contribution is -2.52. The van der Waals surface area contributed by atoms with Crippen LogP contribution in [0.4, 0.5) is 16.2 Å². The van der Waals surface area contributed by atoms with E-state index in [1.165, 1.54) is 7.11 Å². The molecule has 2 aliphatic heterocycles. The van der Waals surface area contributed by atoms with Crippen LogP contribution in [0.15, 0.2) is 36.4 Å². The number of fused-ring (bicyclic) bond motifs is 1. The number of likely N-dealkylation sites (N-methyl/N-ethyl adjacent to an activating group) is 1. The number of likely N-dealkylation sites (tertiary alicyclic amines) is 1. The molecule has 3 amide bonds. The number of benzene rings is 2. The van der Waals surface area contributed by atoms with Gasteiger partial charge in [-0.1, -0.05) is 39.0 Å². The second kappa shape index (κ2) is 13.8. The summed E-state index contributed by atoms with van der Waals surface area (Å²) in [6.07, 6.45) is 1.41. The molecule has 2 N–H and O–H groups in total. The average Bonchev–Trinajstić information content (AvgIpc) is 3.58. The number of carbonyl (C=O) groups excluding carboxylic acids is 3. The van der Waals surface area contributed by atoms with Gasteiger partial charge in [-0.25, -0.2) is 4.79 Å². The van der Waals surface area contributed by atoms with Crippen molar-refractivity contribution in [3.63, 3.8) is 0 Å². The molecular formula is C37H52N6O5. The number of rotatable bonds is 7. The van der Waals surface area contributed by atoms with Gasteiger partial charge in [0.05, 0.1) is 30.0 Å². The molecule has 0 radical (unpaired) electrons. The maximum atomic E-state index is 13.9. The van der Waals surface area contributed by atoms with Crippen LogP contribution in [-0.4, -0.2) is 95.7 Å². The van der Waals surface area contributed by atoms with E-state index in [1.807, 2.05) is 53.9 Å². The van der Waals surface area contributed by atoms with E-state index in [4.69, 9.17) is 9.47 Å². The van der Waals surface area contributed by atoms with Gasteiger partial charge in [0.1, 0.15) is 11.3 Å².